The first kappa shape index (κ1) is 20.8. The molecule has 2 heterocycles. The summed E-state index contributed by atoms with van der Waals surface area (Å²) in [5.74, 6) is -0.216. The van der Waals surface area contributed by atoms with Gasteiger partial charge in [0.05, 0.1) is 23.0 Å². The van der Waals surface area contributed by atoms with Gasteiger partial charge >= 0.3 is 5.97 Å². The number of aromatic nitrogens is 3. The first-order chi connectivity index (χ1) is 15.5. The predicted molar refractivity (Wildman–Crippen MR) is 118 cm³/mol. The van der Waals surface area contributed by atoms with E-state index in [0.29, 0.717) is 34.0 Å². The Labute approximate surface area is 184 Å². The van der Waals surface area contributed by atoms with Crippen LogP contribution in [0.1, 0.15) is 17.2 Å². The Hall–Kier alpha value is -4.48. The molecule has 0 aliphatic rings. The minimum Gasteiger partial charge on any atom is -0.480 e. The zero-order valence-corrected chi connectivity index (χ0v) is 17.1. The topological polar surface area (TPSA) is 127 Å². The number of hydrogen-bond acceptors (Lipinski definition) is 6. The molecule has 0 aliphatic heterocycles. The van der Waals surface area contributed by atoms with E-state index in [2.05, 4.69) is 16.2 Å². The Balaban J connectivity index is 1.70. The largest absolute Gasteiger partial charge is 0.480 e. The van der Waals surface area contributed by atoms with Crippen molar-refractivity contribution in [3.8, 4) is 40.2 Å². The molecule has 2 aromatic heterocycles. The summed E-state index contributed by atoms with van der Waals surface area (Å²) in [5, 5.41) is 22.9. The van der Waals surface area contributed by atoms with Gasteiger partial charge in [0.2, 0.25) is 5.88 Å². The number of nitrogens with two attached hydrogens (primary N) is 1. The van der Waals surface area contributed by atoms with Crippen molar-refractivity contribution in [2.24, 2.45) is 12.8 Å². The highest BCUT2D eigenvalue weighted by Crippen LogP contribution is 2.34. The van der Waals surface area contributed by atoms with Gasteiger partial charge in [-0.3, -0.25) is 9.78 Å². The van der Waals surface area contributed by atoms with Crippen molar-refractivity contribution >= 4 is 5.97 Å². The second-order valence-corrected chi connectivity index (χ2v) is 7.07. The number of pyridine rings is 1. The van der Waals surface area contributed by atoms with Crippen LogP contribution in [0.4, 0.5) is 0 Å². The average molecular weight is 425 g/mol. The molecule has 0 fully saturated rings. The second-order valence-electron chi connectivity index (χ2n) is 7.07. The Kier molecular flexibility index (Phi) is 5.66. The van der Waals surface area contributed by atoms with E-state index >= 15 is 0 Å². The van der Waals surface area contributed by atoms with Gasteiger partial charge < -0.3 is 15.6 Å². The summed E-state index contributed by atoms with van der Waals surface area (Å²) in [6.45, 7) is 0. The first-order valence-corrected chi connectivity index (χ1v) is 9.72. The molecule has 4 aromatic rings. The molecule has 0 aliphatic carbocycles. The lowest BCUT2D eigenvalue weighted by Gasteiger charge is -2.12. The van der Waals surface area contributed by atoms with E-state index in [-0.39, 0.29) is 0 Å². The number of carboxylic acids is 1. The number of carbonyl (C=O) groups is 1. The van der Waals surface area contributed by atoms with Gasteiger partial charge in [0.15, 0.2) is 0 Å². The van der Waals surface area contributed by atoms with Gasteiger partial charge in [-0.2, -0.15) is 10.4 Å². The summed E-state index contributed by atoms with van der Waals surface area (Å²) in [5.41, 5.74) is 9.37. The lowest BCUT2D eigenvalue weighted by atomic mass is 10.0. The van der Waals surface area contributed by atoms with Gasteiger partial charge in [-0.15, -0.1) is 0 Å². The lowest BCUT2D eigenvalue weighted by molar-refractivity contribution is -0.138. The van der Waals surface area contributed by atoms with E-state index < -0.39 is 12.0 Å². The minimum atomic E-state index is -1.15. The van der Waals surface area contributed by atoms with E-state index in [1.165, 1.54) is 6.20 Å². The van der Waals surface area contributed by atoms with Gasteiger partial charge in [0, 0.05) is 30.4 Å². The molecule has 0 spiro atoms. The van der Waals surface area contributed by atoms with Gasteiger partial charge in [-0.25, -0.2) is 4.68 Å². The fourth-order valence-corrected chi connectivity index (χ4v) is 3.19. The van der Waals surface area contributed by atoms with Crippen LogP contribution in [0.25, 0.3) is 22.5 Å². The smallest absolute Gasteiger partial charge is 0.325 e. The van der Waals surface area contributed by atoms with Gasteiger partial charge in [0.1, 0.15) is 11.8 Å². The van der Waals surface area contributed by atoms with Crippen LogP contribution >= 0.6 is 0 Å². The van der Waals surface area contributed by atoms with Crippen molar-refractivity contribution in [3.05, 3.63) is 84.1 Å². The molecule has 1 unspecified atom stereocenters. The van der Waals surface area contributed by atoms with Gasteiger partial charge in [-0.1, -0.05) is 36.4 Å². The van der Waals surface area contributed by atoms with Gasteiger partial charge in [-0.05, 0) is 29.8 Å². The van der Waals surface area contributed by atoms with Crippen LogP contribution in [0, 0.1) is 11.3 Å². The van der Waals surface area contributed by atoms with Crippen molar-refractivity contribution in [2.45, 2.75) is 6.04 Å². The van der Waals surface area contributed by atoms with E-state index in [4.69, 9.17) is 15.6 Å². The standard InChI is InChI=1S/C24H19N5O3/c1-29-22(12-20(28-29)16-5-3-2-4-6-16)32-21-11-15(13-25)7-9-18(21)19-10-8-17(14-27-19)23(26)24(30)31/h2-12,14,23H,26H2,1H3,(H,30,31). The Morgan fingerprint density at radius 3 is 2.56 bits per heavy atom. The fraction of sp³-hybridized carbons (Fsp3) is 0.0833. The minimum absolute atomic E-state index is 0.386. The van der Waals surface area contributed by atoms with Crippen LogP contribution in [-0.2, 0) is 11.8 Å². The normalized spacial score (nSPS) is 11.5. The highest BCUT2D eigenvalue weighted by Gasteiger charge is 2.17. The van der Waals surface area contributed by atoms with Crippen molar-refractivity contribution < 1.29 is 14.6 Å². The molecule has 0 bridgehead atoms. The molecule has 8 nitrogen and oxygen atoms in total. The number of nitrogens with zero attached hydrogens (tertiary/aromatic N) is 4. The number of rotatable bonds is 6. The zero-order valence-electron chi connectivity index (χ0n) is 17.1. The summed E-state index contributed by atoms with van der Waals surface area (Å²) in [7, 11) is 1.77. The van der Waals surface area contributed by atoms with Crippen LogP contribution < -0.4 is 10.5 Å². The molecule has 0 amide bonds. The molecule has 32 heavy (non-hydrogen) atoms. The highest BCUT2D eigenvalue weighted by molar-refractivity contribution is 5.75. The Morgan fingerprint density at radius 2 is 1.91 bits per heavy atom. The molecule has 8 heteroatoms. The summed E-state index contributed by atoms with van der Waals surface area (Å²) >= 11 is 0. The maximum absolute atomic E-state index is 11.1. The summed E-state index contributed by atoms with van der Waals surface area (Å²) in [6, 6.07) is 20.8. The number of hydrogen-bond donors (Lipinski definition) is 2. The van der Waals surface area contributed by atoms with Crippen LogP contribution in [-0.4, -0.2) is 25.8 Å². The molecule has 158 valence electrons. The number of aryl methyl sites for hydroxylation is 1. The van der Waals surface area contributed by atoms with Gasteiger partial charge in [0.25, 0.3) is 0 Å². The van der Waals surface area contributed by atoms with Crippen LogP contribution in [0.3, 0.4) is 0 Å². The van der Waals surface area contributed by atoms with Crippen LogP contribution in [0.2, 0.25) is 0 Å². The Morgan fingerprint density at radius 1 is 1.12 bits per heavy atom. The van der Waals surface area contributed by atoms with Crippen molar-refractivity contribution in [3.63, 3.8) is 0 Å². The predicted octanol–water partition coefficient (Wildman–Crippen LogP) is 3.90. The third-order valence-corrected chi connectivity index (χ3v) is 4.92. The van der Waals surface area contributed by atoms with Crippen molar-refractivity contribution in [1.82, 2.24) is 14.8 Å². The van der Waals surface area contributed by atoms with Crippen molar-refractivity contribution in [2.75, 3.05) is 0 Å². The lowest BCUT2D eigenvalue weighted by Crippen LogP contribution is -2.20. The SMILES string of the molecule is Cn1nc(-c2ccccc2)cc1Oc1cc(C#N)ccc1-c1ccc(C(N)C(=O)O)cn1. The highest BCUT2D eigenvalue weighted by atomic mass is 16.5. The van der Waals surface area contributed by atoms with E-state index in [0.717, 1.165) is 11.3 Å². The maximum atomic E-state index is 11.1. The third-order valence-electron chi connectivity index (χ3n) is 4.92. The Bertz CT molecular complexity index is 1310. The molecule has 0 saturated carbocycles. The average Bonchev–Trinajstić information content (AvgIpc) is 3.19. The summed E-state index contributed by atoms with van der Waals surface area (Å²) in [4.78, 5) is 15.5. The summed E-state index contributed by atoms with van der Waals surface area (Å²) in [6.07, 6.45) is 1.42. The fourth-order valence-electron chi connectivity index (χ4n) is 3.19. The first-order valence-electron chi connectivity index (χ1n) is 9.72. The number of nitriles is 1. The summed E-state index contributed by atoms with van der Waals surface area (Å²) < 4.78 is 7.76. The number of aliphatic carboxylic acids is 1. The van der Waals surface area contributed by atoms with E-state index in [1.54, 1.807) is 42.1 Å². The maximum Gasteiger partial charge on any atom is 0.325 e. The second kappa shape index (κ2) is 8.71. The molecular formula is C24H19N5O3. The van der Waals surface area contributed by atoms with Crippen LogP contribution in [0.5, 0.6) is 11.6 Å². The number of carboxylic acid groups (broad SMARTS) is 1. The quantitative estimate of drug-likeness (QED) is 0.479. The molecule has 0 saturated heterocycles. The molecule has 1 atom stereocenters. The van der Waals surface area contributed by atoms with E-state index in [9.17, 15) is 10.1 Å². The monoisotopic (exact) mass is 425 g/mol. The molecule has 3 N–H and O–H groups in total. The molecule has 0 radical (unpaired) electrons. The molecular weight excluding hydrogens is 406 g/mol. The zero-order chi connectivity index (χ0) is 22.7. The molecule has 4 rings (SSSR count). The molecule has 2 aromatic carbocycles. The third kappa shape index (κ3) is 4.19. The number of benzene rings is 2. The van der Waals surface area contributed by atoms with E-state index in [1.807, 2.05) is 36.4 Å². The van der Waals surface area contributed by atoms with Crippen LogP contribution in [0.15, 0.2) is 72.9 Å². The van der Waals surface area contributed by atoms with Crippen molar-refractivity contribution in [1.29, 1.82) is 5.26 Å². The number of ether oxygens (including phenoxy) is 1.